The van der Waals surface area contributed by atoms with Gasteiger partial charge in [-0.05, 0) is 12.1 Å². The number of nitrogens with zero attached hydrogens (tertiary/aromatic N) is 1. The summed E-state index contributed by atoms with van der Waals surface area (Å²) in [5.41, 5.74) is 0.442. The van der Waals surface area contributed by atoms with Gasteiger partial charge in [-0.2, -0.15) is 0 Å². The molecule has 1 heterocycles. The lowest BCUT2D eigenvalue weighted by Crippen LogP contribution is -2.09. The molecule has 1 aromatic rings. The van der Waals surface area contributed by atoms with Crippen LogP contribution in [-0.2, 0) is 0 Å². The van der Waals surface area contributed by atoms with Crippen molar-refractivity contribution in [2.75, 3.05) is 0 Å². The number of rotatable bonds is 2. The molecule has 0 N–H and O–H groups in total. The number of pyridine rings is 1. The van der Waals surface area contributed by atoms with E-state index >= 15 is 0 Å². The Bertz CT molecular complexity index is 296. The lowest BCUT2D eigenvalue weighted by atomic mass is 10.1. The van der Waals surface area contributed by atoms with Crippen LogP contribution < -0.4 is 0 Å². The zero-order valence-corrected chi connectivity index (χ0v) is 7.80. The molecule has 0 bridgehead atoms. The summed E-state index contributed by atoms with van der Waals surface area (Å²) in [6.45, 7) is 3.68. The van der Waals surface area contributed by atoms with Crippen molar-refractivity contribution in [2.45, 2.75) is 13.8 Å². The average molecular weight is 184 g/mol. The monoisotopic (exact) mass is 183 g/mol. The van der Waals surface area contributed by atoms with Gasteiger partial charge < -0.3 is 0 Å². The highest BCUT2D eigenvalue weighted by Gasteiger charge is 2.11. The maximum absolute atomic E-state index is 11.4. The van der Waals surface area contributed by atoms with E-state index in [1.165, 1.54) is 0 Å². The summed E-state index contributed by atoms with van der Waals surface area (Å²) >= 11 is 5.63. The van der Waals surface area contributed by atoms with Gasteiger partial charge in [0, 0.05) is 5.92 Å². The summed E-state index contributed by atoms with van der Waals surface area (Å²) < 4.78 is 0. The summed E-state index contributed by atoms with van der Waals surface area (Å²) in [7, 11) is 0. The maximum Gasteiger partial charge on any atom is 0.183 e. The third kappa shape index (κ3) is 2.05. The van der Waals surface area contributed by atoms with E-state index < -0.39 is 0 Å². The molecule has 0 spiro atoms. The Kier molecular flexibility index (Phi) is 2.82. The Morgan fingerprint density at radius 3 is 2.67 bits per heavy atom. The molecule has 0 saturated heterocycles. The number of aromatic nitrogens is 1. The van der Waals surface area contributed by atoms with Crippen LogP contribution in [0, 0.1) is 5.92 Å². The number of hydrogen-bond acceptors (Lipinski definition) is 2. The largest absolute Gasteiger partial charge is 0.292 e. The zero-order valence-electron chi connectivity index (χ0n) is 7.04. The summed E-state index contributed by atoms with van der Waals surface area (Å²) in [4.78, 5) is 15.3. The number of halogens is 1. The minimum atomic E-state index is -0.0315. The lowest BCUT2D eigenvalue weighted by molar-refractivity contribution is 0.0934. The van der Waals surface area contributed by atoms with Gasteiger partial charge in [0.25, 0.3) is 0 Å². The zero-order chi connectivity index (χ0) is 9.14. The van der Waals surface area contributed by atoms with Crippen molar-refractivity contribution >= 4 is 17.4 Å². The average Bonchev–Trinajstić information content (AvgIpc) is 2.03. The molecular weight excluding hydrogens is 174 g/mol. The van der Waals surface area contributed by atoms with Gasteiger partial charge in [0.15, 0.2) is 5.78 Å². The molecule has 0 aromatic carbocycles. The fourth-order valence-electron chi connectivity index (χ4n) is 0.841. The van der Waals surface area contributed by atoms with E-state index in [1.807, 2.05) is 13.8 Å². The van der Waals surface area contributed by atoms with Gasteiger partial charge in [0.2, 0.25) is 0 Å². The van der Waals surface area contributed by atoms with Crippen LogP contribution >= 0.6 is 11.6 Å². The number of ketones is 1. The van der Waals surface area contributed by atoms with Gasteiger partial charge in [0.1, 0.15) is 10.8 Å². The van der Waals surface area contributed by atoms with Crippen LogP contribution in [0.15, 0.2) is 18.2 Å². The molecule has 64 valence electrons. The highest BCUT2D eigenvalue weighted by Crippen LogP contribution is 2.09. The lowest BCUT2D eigenvalue weighted by Gasteiger charge is -2.02. The number of hydrogen-bond donors (Lipinski definition) is 0. The summed E-state index contributed by atoms with van der Waals surface area (Å²) in [6.07, 6.45) is 0. The fraction of sp³-hybridized carbons (Fsp3) is 0.333. The number of carbonyl (C=O) groups excluding carboxylic acids is 1. The van der Waals surface area contributed by atoms with E-state index in [1.54, 1.807) is 18.2 Å². The second-order valence-electron chi connectivity index (χ2n) is 2.86. The molecule has 0 aliphatic heterocycles. The molecule has 2 nitrogen and oxygen atoms in total. The first-order chi connectivity index (χ1) is 5.61. The van der Waals surface area contributed by atoms with Crippen molar-refractivity contribution in [2.24, 2.45) is 5.92 Å². The van der Waals surface area contributed by atoms with E-state index in [4.69, 9.17) is 11.6 Å². The smallest absolute Gasteiger partial charge is 0.183 e. The van der Waals surface area contributed by atoms with Crippen molar-refractivity contribution in [3.8, 4) is 0 Å². The molecule has 3 heteroatoms. The van der Waals surface area contributed by atoms with Crippen LogP contribution in [0.4, 0.5) is 0 Å². The molecule has 0 aliphatic rings. The predicted molar refractivity (Wildman–Crippen MR) is 48.4 cm³/mol. The molecule has 0 unspecified atom stereocenters. The molecule has 0 atom stereocenters. The van der Waals surface area contributed by atoms with Gasteiger partial charge in [-0.1, -0.05) is 31.5 Å². The maximum atomic E-state index is 11.4. The third-order valence-electron chi connectivity index (χ3n) is 1.49. The van der Waals surface area contributed by atoms with Gasteiger partial charge >= 0.3 is 0 Å². The molecule has 0 saturated carbocycles. The Labute approximate surface area is 76.6 Å². The first kappa shape index (κ1) is 9.20. The van der Waals surface area contributed by atoms with Crippen molar-refractivity contribution < 1.29 is 4.79 Å². The van der Waals surface area contributed by atoms with E-state index in [9.17, 15) is 4.79 Å². The summed E-state index contributed by atoms with van der Waals surface area (Å²) in [5.74, 6) is -0.00605. The Morgan fingerprint density at radius 2 is 2.17 bits per heavy atom. The normalized spacial score (nSPS) is 10.3. The van der Waals surface area contributed by atoms with Crippen LogP contribution in [0.1, 0.15) is 24.3 Å². The third-order valence-corrected chi connectivity index (χ3v) is 1.70. The van der Waals surface area contributed by atoms with E-state index in [0.717, 1.165) is 0 Å². The van der Waals surface area contributed by atoms with Crippen LogP contribution in [0.5, 0.6) is 0 Å². The molecule has 0 fully saturated rings. The van der Waals surface area contributed by atoms with Crippen molar-refractivity contribution in [3.63, 3.8) is 0 Å². The molecular formula is C9H10ClNO. The molecule has 0 aliphatic carbocycles. The van der Waals surface area contributed by atoms with Crippen LogP contribution in [-0.4, -0.2) is 10.8 Å². The van der Waals surface area contributed by atoms with Crippen molar-refractivity contribution in [1.82, 2.24) is 4.98 Å². The highest BCUT2D eigenvalue weighted by molar-refractivity contribution is 6.29. The highest BCUT2D eigenvalue weighted by atomic mass is 35.5. The van der Waals surface area contributed by atoms with Crippen LogP contribution in [0.25, 0.3) is 0 Å². The van der Waals surface area contributed by atoms with E-state index in [-0.39, 0.29) is 11.7 Å². The van der Waals surface area contributed by atoms with Gasteiger partial charge in [-0.3, -0.25) is 4.79 Å². The van der Waals surface area contributed by atoms with E-state index in [0.29, 0.717) is 10.8 Å². The van der Waals surface area contributed by atoms with Gasteiger partial charge in [-0.15, -0.1) is 0 Å². The second-order valence-corrected chi connectivity index (χ2v) is 3.25. The SMILES string of the molecule is CC(C)C(=O)c1cccc(Cl)n1. The Balaban J connectivity index is 2.96. The molecule has 1 rings (SSSR count). The summed E-state index contributed by atoms with van der Waals surface area (Å²) in [5, 5.41) is 0.363. The minimum absolute atomic E-state index is 0.0255. The quantitative estimate of drug-likeness (QED) is 0.521. The molecule has 12 heavy (non-hydrogen) atoms. The van der Waals surface area contributed by atoms with Crippen molar-refractivity contribution in [3.05, 3.63) is 29.0 Å². The minimum Gasteiger partial charge on any atom is -0.292 e. The number of carbonyl (C=O) groups is 1. The molecule has 0 radical (unpaired) electrons. The standard InChI is InChI=1S/C9H10ClNO/c1-6(2)9(12)7-4-3-5-8(10)11-7/h3-6H,1-2H3. The second kappa shape index (κ2) is 3.68. The van der Waals surface area contributed by atoms with Gasteiger partial charge in [0.05, 0.1) is 0 Å². The van der Waals surface area contributed by atoms with Crippen LogP contribution in [0.3, 0.4) is 0 Å². The molecule has 1 aromatic heterocycles. The van der Waals surface area contributed by atoms with Gasteiger partial charge in [-0.25, -0.2) is 4.98 Å². The van der Waals surface area contributed by atoms with E-state index in [2.05, 4.69) is 4.98 Å². The Morgan fingerprint density at radius 1 is 1.50 bits per heavy atom. The molecule has 0 amide bonds. The summed E-state index contributed by atoms with van der Waals surface area (Å²) in [6, 6.07) is 5.05. The first-order valence-corrected chi connectivity index (χ1v) is 4.16. The van der Waals surface area contributed by atoms with Crippen LogP contribution in [0.2, 0.25) is 5.15 Å². The predicted octanol–water partition coefficient (Wildman–Crippen LogP) is 2.57. The topological polar surface area (TPSA) is 30.0 Å². The number of Topliss-reactive ketones (excluding diaryl/α,β-unsaturated/α-hetero) is 1. The first-order valence-electron chi connectivity index (χ1n) is 3.78. The fourth-order valence-corrected chi connectivity index (χ4v) is 1.01. The Hall–Kier alpha value is -0.890. The van der Waals surface area contributed by atoms with Crippen molar-refractivity contribution in [1.29, 1.82) is 0 Å².